The van der Waals surface area contributed by atoms with Crippen LogP contribution in [0.2, 0.25) is 0 Å². The predicted octanol–water partition coefficient (Wildman–Crippen LogP) is 11.3. The molecule has 0 N–H and O–H groups in total. The third-order valence-corrected chi connectivity index (χ3v) is 9.84. The Bertz CT molecular complexity index is 871. The Balaban J connectivity index is 3.00. The van der Waals surface area contributed by atoms with E-state index >= 15 is 0 Å². The highest BCUT2D eigenvalue weighted by Gasteiger charge is 2.28. The van der Waals surface area contributed by atoms with Crippen LogP contribution in [0.5, 0.6) is 0 Å². The molecule has 0 aliphatic carbocycles. The second-order valence-electron chi connectivity index (χ2n) is 14.4. The van der Waals surface area contributed by atoms with Gasteiger partial charge in [0.25, 0.3) is 0 Å². The molecule has 0 bridgehead atoms. The molecule has 1 aliphatic rings. The number of cyclic esters (lactones) is 2. The van der Waals surface area contributed by atoms with Gasteiger partial charge in [-0.05, 0) is 88.4 Å². The van der Waals surface area contributed by atoms with Crippen molar-refractivity contribution in [2.45, 2.75) is 174 Å². The average Bonchev–Trinajstić information content (AvgIpc) is 3.04. The van der Waals surface area contributed by atoms with E-state index in [9.17, 15) is 9.59 Å². The Labute approximate surface area is 290 Å². The maximum atomic E-state index is 13.2. The van der Waals surface area contributed by atoms with Crippen LogP contribution in [0.1, 0.15) is 174 Å². The van der Waals surface area contributed by atoms with Gasteiger partial charge < -0.3 is 14.4 Å². The van der Waals surface area contributed by atoms with Crippen molar-refractivity contribution < 1.29 is 19.1 Å². The van der Waals surface area contributed by atoms with E-state index < -0.39 is 0 Å². The molecule has 2 unspecified atom stereocenters. The molecule has 270 valence electrons. The van der Waals surface area contributed by atoms with Crippen LogP contribution in [-0.4, -0.2) is 50.7 Å². The van der Waals surface area contributed by atoms with Crippen LogP contribution in [0.4, 0.5) is 0 Å². The molecular weight excluding hydrogens is 582 g/mol. The van der Waals surface area contributed by atoms with E-state index in [0.29, 0.717) is 26.1 Å². The monoisotopic (exact) mass is 656 g/mol. The minimum atomic E-state index is -0.145. The summed E-state index contributed by atoms with van der Waals surface area (Å²) in [6, 6.07) is 0. The summed E-state index contributed by atoms with van der Waals surface area (Å²) in [4.78, 5) is 28.6. The zero-order chi connectivity index (χ0) is 34.4. The smallest absolute Gasteiger partial charge is 0.306 e. The summed E-state index contributed by atoms with van der Waals surface area (Å²) < 4.78 is 11.6. The molecule has 2 atom stereocenters. The molecule has 1 saturated heterocycles. The van der Waals surface area contributed by atoms with Gasteiger partial charge in [-0.1, -0.05) is 141 Å². The molecule has 1 fully saturated rings. The molecule has 0 spiro atoms. The number of nitrogens with zero attached hydrogens (tertiary/aromatic N) is 1. The molecule has 0 radical (unpaired) electrons. The lowest BCUT2D eigenvalue weighted by Crippen LogP contribution is -2.22. The second-order valence-corrected chi connectivity index (χ2v) is 14.4. The Morgan fingerprint density at radius 1 is 0.660 bits per heavy atom. The normalized spacial score (nSPS) is 22.8. The predicted molar refractivity (Wildman–Crippen MR) is 197 cm³/mol. The Kier molecular flexibility index (Phi) is 27.5. The van der Waals surface area contributed by atoms with E-state index in [4.69, 9.17) is 9.47 Å². The number of carbonyl (C=O) groups excluding carboxylic acids is 2. The van der Waals surface area contributed by atoms with Crippen LogP contribution in [0, 0.1) is 17.8 Å². The number of ether oxygens (including phenoxy) is 2. The van der Waals surface area contributed by atoms with Crippen molar-refractivity contribution in [3.63, 3.8) is 0 Å². The fourth-order valence-corrected chi connectivity index (χ4v) is 6.92. The summed E-state index contributed by atoms with van der Waals surface area (Å²) >= 11 is 0. The van der Waals surface area contributed by atoms with Crippen LogP contribution in [0.25, 0.3) is 0 Å². The van der Waals surface area contributed by atoms with Crippen LogP contribution in [-0.2, 0) is 19.1 Å². The Morgan fingerprint density at radius 3 is 1.53 bits per heavy atom. The molecule has 1 aliphatic heterocycles. The summed E-state index contributed by atoms with van der Waals surface area (Å²) in [5.41, 5.74) is 10.0. The van der Waals surface area contributed by atoms with Crippen molar-refractivity contribution >= 4 is 11.9 Å². The van der Waals surface area contributed by atoms with E-state index in [2.05, 4.69) is 56.6 Å². The molecular formula is C42H73NO4. The van der Waals surface area contributed by atoms with Gasteiger partial charge in [-0.2, -0.15) is 0 Å². The number of carbonyl (C=O) groups is 2. The lowest BCUT2D eigenvalue weighted by atomic mass is 9.79. The number of unbranched alkanes of at least 4 members (excludes halogenated alkanes) is 4. The van der Waals surface area contributed by atoms with Gasteiger partial charge in [-0.3, -0.25) is 9.59 Å². The Hall–Kier alpha value is -2.02. The highest BCUT2D eigenvalue weighted by atomic mass is 16.5. The van der Waals surface area contributed by atoms with Crippen LogP contribution in [0.3, 0.4) is 0 Å². The summed E-state index contributed by atoms with van der Waals surface area (Å²) in [7, 11) is 4.37. The summed E-state index contributed by atoms with van der Waals surface area (Å²) in [6.07, 6.45) is 27.2. The van der Waals surface area contributed by atoms with Crippen molar-refractivity contribution in [1.29, 1.82) is 0 Å². The third-order valence-electron chi connectivity index (χ3n) is 9.84. The molecule has 0 aromatic carbocycles. The van der Waals surface area contributed by atoms with E-state index in [1.165, 1.54) is 77.2 Å². The zero-order valence-corrected chi connectivity index (χ0v) is 31.3. The molecule has 0 aromatic rings. The molecule has 1 heterocycles. The first-order chi connectivity index (χ1) is 22.9. The van der Waals surface area contributed by atoms with Crippen LogP contribution >= 0.6 is 0 Å². The summed E-state index contributed by atoms with van der Waals surface area (Å²) in [5, 5.41) is 0. The second kappa shape index (κ2) is 30.1. The molecule has 0 amide bonds. The molecule has 47 heavy (non-hydrogen) atoms. The van der Waals surface area contributed by atoms with Crippen LogP contribution < -0.4 is 0 Å². The maximum absolute atomic E-state index is 13.2. The number of rotatable bonds is 11. The van der Waals surface area contributed by atoms with Crippen molar-refractivity contribution in [1.82, 2.24) is 4.90 Å². The first kappa shape index (κ1) is 43.0. The van der Waals surface area contributed by atoms with Gasteiger partial charge in [0.2, 0.25) is 0 Å². The van der Waals surface area contributed by atoms with Crippen molar-refractivity contribution in [2.24, 2.45) is 17.8 Å². The molecule has 5 heteroatoms. The van der Waals surface area contributed by atoms with Crippen LogP contribution in [0.15, 0.2) is 29.3 Å². The third kappa shape index (κ3) is 23.9. The summed E-state index contributed by atoms with van der Waals surface area (Å²) in [6.45, 7) is 10.3. The number of esters is 2. The molecule has 0 saturated carbocycles. The number of hydrogen-bond donors (Lipinski definition) is 0. The van der Waals surface area contributed by atoms with Gasteiger partial charge >= 0.3 is 11.9 Å². The minimum Gasteiger partial charge on any atom is -0.466 e. The van der Waals surface area contributed by atoms with Gasteiger partial charge in [0.15, 0.2) is 0 Å². The van der Waals surface area contributed by atoms with Gasteiger partial charge in [0.05, 0.1) is 26.1 Å². The molecule has 0 aromatic heterocycles. The maximum Gasteiger partial charge on any atom is 0.306 e. The van der Waals surface area contributed by atoms with Gasteiger partial charge in [-0.25, -0.2) is 0 Å². The summed E-state index contributed by atoms with van der Waals surface area (Å²) in [5.74, 6) is 0.482. The van der Waals surface area contributed by atoms with E-state index in [1.807, 2.05) is 0 Å². The van der Waals surface area contributed by atoms with E-state index in [0.717, 1.165) is 88.5 Å². The van der Waals surface area contributed by atoms with Crippen molar-refractivity contribution in [2.75, 3.05) is 33.9 Å². The van der Waals surface area contributed by atoms with Gasteiger partial charge in [0, 0.05) is 0 Å². The number of hydrogen-bond acceptors (Lipinski definition) is 5. The topological polar surface area (TPSA) is 55.8 Å². The molecule has 1 rings (SSSR count). The average molecular weight is 656 g/mol. The van der Waals surface area contributed by atoms with Gasteiger partial charge in [-0.15, -0.1) is 0 Å². The first-order valence-electron chi connectivity index (χ1n) is 19.8. The van der Waals surface area contributed by atoms with Crippen molar-refractivity contribution in [3.8, 4) is 0 Å². The Morgan fingerprint density at radius 2 is 1.11 bits per heavy atom. The van der Waals surface area contributed by atoms with E-state index in [1.54, 1.807) is 0 Å². The molecule has 5 nitrogen and oxygen atoms in total. The van der Waals surface area contributed by atoms with Crippen molar-refractivity contribution in [3.05, 3.63) is 29.3 Å². The minimum absolute atomic E-state index is 0.0329. The number of allylic oxidation sites excluding steroid dienone is 1. The SMILES string of the molecule is C=C=C=C=C1C(CCCCC)CC(=O)OCCCCCCCCC(CCN(C)C)CCCCCCCCOC(=O)CC1CCCCC. The van der Waals surface area contributed by atoms with E-state index in [-0.39, 0.29) is 23.8 Å². The largest absolute Gasteiger partial charge is 0.466 e. The lowest BCUT2D eigenvalue weighted by molar-refractivity contribution is -0.145. The first-order valence-corrected chi connectivity index (χ1v) is 19.8. The fraction of sp³-hybridized carbons (Fsp3) is 0.833. The quantitative estimate of drug-likeness (QED) is 0.126. The lowest BCUT2D eigenvalue weighted by Gasteiger charge is -2.25. The standard InChI is InChI=1S/C42H73NO4/c1-6-9-20-28-38-35-41(44)46-33-24-18-14-12-16-22-26-37(31-32-43(4)5)27-23-17-13-15-19-25-34-47-42(45)36-39(29-21-10-7-2)40(38)30-11-8-3/h37-39H,3,6-7,9-10,12-29,31-36H2,1-2,4-5H3. The zero-order valence-electron chi connectivity index (χ0n) is 31.3. The van der Waals surface area contributed by atoms with Gasteiger partial charge in [0.1, 0.15) is 0 Å². The highest BCUT2D eigenvalue weighted by molar-refractivity contribution is 5.71. The highest BCUT2D eigenvalue weighted by Crippen LogP contribution is 2.33. The fourth-order valence-electron chi connectivity index (χ4n) is 6.92.